The van der Waals surface area contributed by atoms with Crippen LogP contribution >= 0.6 is 0 Å². The molecule has 0 unspecified atom stereocenters. The molecule has 32 heavy (non-hydrogen) atoms. The molecule has 0 heterocycles. The van der Waals surface area contributed by atoms with Crippen LogP contribution in [0.4, 0.5) is 0 Å². The number of methoxy groups -OCH3 is 1. The summed E-state index contributed by atoms with van der Waals surface area (Å²) in [6, 6.07) is 0. The van der Waals surface area contributed by atoms with Gasteiger partial charge in [-0.2, -0.15) is 0 Å². The van der Waals surface area contributed by atoms with E-state index in [1.54, 1.807) is 7.11 Å². The van der Waals surface area contributed by atoms with Gasteiger partial charge < -0.3 is 14.3 Å². The quantitative estimate of drug-likeness (QED) is 0.234. The molecule has 0 aromatic heterocycles. The zero-order valence-corrected chi connectivity index (χ0v) is 21.9. The molecule has 0 saturated heterocycles. The van der Waals surface area contributed by atoms with Crippen LogP contribution in [0.2, 0.25) is 0 Å². The molecule has 0 spiro atoms. The summed E-state index contributed by atoms with van der Waals surface area (Å²) in [4.78, 5) is 11.0. The van der Waals surface area contributed by atoms with Gasteiger partial charge in [0.2, 0.25) is 0 Å². The van der Waals surface area contributed by atoms with Crippen LogP contribution in [-0.4, -0.2) is 26.3 Å². The number of fused-ring (bicyclic) bond motifs is 4. The Morgan fingerprint density at radius 1 is 1.00 bits per heavy atom. The molecule has 182 valence electrons. The van der Waals surface area contributed by atoms with Crippen LogP contribution in [0.1, 0.15) is 106 Å². The predicted octanol–water partition coefficient (Wildman–Crippen LogP) is 7.34. The number of carbonyl (C=O) groups excluding carboxylic acids is 1. The summed E-state index contributed by atoms with van der Waals surface area (Å²) >= 11 is 0. The van der Waals surface area contributed by atoms with Crippen molar-refractivity contribution in [3.63, 3.8) is 0 Å². The van der Waals surface area contributed by atoms with Gasteiger partial charge in [-0.25, -0.2) is 0 Å². The molecule has 3 nitrogen and oxygen atoms in total. The topological polar surface area (TPSA) is 35.5 Å². The Hall–Kier alpha value is -0.670. The average molecular weight is 445 g/mol. The first-order valence-electron chi connectivity index (χ1n) is 13.3. The maximum Gasteiger partial charge on any atom is 0.146 e. The first-order chi connectivity index (χ1) is 15.1. The van der Waals surface area contributed by atoms with Gasteiger partial charge in [-0.15, -0.1) is 0 Å². The fourth-order valence-electron chi connectivity index (χ4n) is 9.60. The summed E-state index contributed by atoms with van der Waals surface area (Å²) in [5.74, 6) is 2.08. The number of rotatable bonds is 7. The van der Waals surface area contributed by atoms with Crippen molar-refractivity contribution in [1.82, 2.24) is 0 Å². The van der Waals surface area contributed by atoms with Crippen molar-refractivity contribution in [2.75, 3.05) is 13.9 Å². The molecular weight excluding hydrogens is 396 g/mol. The third-order valence-electron chi connectivity index (χ3n) is 11.6. The SMILES string of the molecule is COCO[C@H]1CC[C@]2(C)C3=C(CC[C@H]2C1(C)C)[C@]1(C)CC[C@H]([C@H](C)CCC=O)[C@@]1(C)CC3. The number of aldehydes is 1. The second-order valence-electron chi connectivity index (χ2n) is 13.0. The standard InChI is InChI=1S/C29H48O3/c1-20(9-8-18-30)21-12-16-29(6)23-10-11-24-26(2,3)25(32-19-31-7)14-15-27(24,4)22(23)13-17-28(21,29)5/h18,20-21,24-25H,8-17,19H2,1-7H3/t20-,21-,24+,25+,27-,28-,29+/m1/s1. The van der Waals surface area contributed by atoms with Gasteiger partial charge in [-0.1, -0.05) is 52.7 Å². The van der Waals surface area contributed by atoms with E-state index in [-0.39, 0.29) is 5.41 Å². The largest absolute Gasteiger partial charge is 0.359 e. The molecule has 0 bridgehead atoms. The van der Waals surface area contributed by atoms with Crippen molar-refractivity contribution in [2.24, 2.45) is 39.4 Å². The first kappa shape index (κ1) is 24.5. The Balaban J connectivity index is 1.65. The van der Waals surface area contributed by atoms with Crippen LogP contribution in [0, 0.1) is 39.4 Å². The van der Waals surface area contributed by atoms with Crippen LogP contribution in [0.25, 0.3) is 0 Å². The normalized spacial score (nSPS) is 43.9. The van der Waals surface area contributed by atoms with E-state index >= 15 is 0 Å². The minimum Gasteiger partial charge on any atom is -0.359 e. The van der Waals surface area contributed by atoms with Crippen molar-refractivity contribution >= 4 is 6.29 Å². The second-order valence-corrected chi connectivity index (χ2v) is 13.0. The molecule has 7 atom stereocenters. The van der Waals surface area contributed by atoms with Gasteiger partial charge in [0, 0.05) is 13.5 Å². The van der Waals surface area contributed by atoms with E-state index in [4.69, 9.17) is 9.47 Å². The molecule has 4 aliphatic carbocycles. The van der Waals surface area contributed by atoms with Gasteiger partial charge in [0.1, 0.15) is 13.1 Å². The van der Waals surface area contributed by atoms with Gasteiger partial charge in [0.05, 0.1) is 6.10 Å². The average Bonchev–Trinajstić information content (AvgIpc) is 3.03. The third kappa shape index (κ3) is 3.39. The smallest absolute Gasteiger partial charge is 0.146 e. The zero-order chi connectivity index (χ0) is 23.4. The Morgan fingerprint density at radius 3 is 2.44 bits per heavy atom. The van der Waals surface area contributed by atoms with Crippen LogP contribution in [-0.2, 0) is 14.3 Å². The molecule has 0 amide bonds. The minimum atomic E-state index is 0.174. The Bertz CT molecular complexity index is 754. The van der Waals surface area contributed by atoms with Crippen molar-refractivity contribution in [3.8, 4) is 0 Å². The fourth-order valence-corrected chi connectivity index (χ4v) is 9.60. The summed E-state index contributed by atoms with van der Waals surface area (Å²) in [7, 11) is 1.73. The van der Waals surface area contributed by atoms with Crippen LogP contribution in [0.15, 0.2) is 11.1 Å². The molecule has 3 heteroatoms. The van der Waals surface area contributed by atoms with E-state index in [2.05, 4.69) is 41.5 Å². The highest BCUT2D eigenvalue weighted by Crippen LogP contribution is 2.72. The van der Waals surface area contributed by atoms with E-state index < -0.39 is 0 Å². The van der Waals surface area contributed by atoms with Crippen LogP contribution in [0.3, 0.4) is 0 Å². The highest BCUT2D eigenvalue weighted by molar-refractivity contribution is 5.49. The third-order valence-corrected chi connectivity index (χ3v) is 11.6. The van der Waals surface area contributed by atoms with E-state index in [9.17, 15) is 4.79 Å². The summed E-state index contributed by atoms with van der Waals surface area (Å²) in [6.07, 6.45) is 13.4. The lowest BCUT2D eigenvalue weighted by atomic mass is 9.43. The zero-order valence-electron chi connectivity index (χ0n) is 21.9. The van der Waals surface area contributed by atoms with Gasteiger partial charge in [-0.3, -0.25) is 0 Å². The molecule has 0 N–H and O–H groups in total. The number of ether oxygens (including phenoxy) is 2. The van der Waals surface area contributed by atoms with Crippen molar-refractivity contribution < 1.29 is 14.3 Å². The van der Waals surface area contributed by atoms with Gasteiger partial charge in [-0.05, 0) is 97.2 Å². The monoisotopic (exact) mass is 444 g/mol. The molecule has 2 saturated carbocycles. The van der Waals surface area contributed by atoms with E-state index in [0.717, 1.165) is 31.5 Å². The van der Waals surface area contributed by atoms with Crippen molar-refractivity contribution in [1.29, 1.82) is 0 Å². The Labute approximate surface area is 197 Å². The van der Waals surface area contributed by atoms with E-state index in [1.165, 1.54) is 44.9 Å². The van der Waals surface area contributed by atoms with Gasteiger partial charge >= 0.3 is 0 Å². The molecule has 4 rings (SSSR count). The molecule has 0 aliphatic heterocycles. The molecule has 2 fully saturated rings. The highest BCUT2D eigenvalue weighted by Gasteiger charge is 2.63. The molecular formula is C29H48O3. The number of hydrogen-bond acceptors (Lipinski definition) is 3. The summed E-state index contributed by atoms with van der Waals surface area (Å²) < 4.78 is 11.5. The van der Waals surface area contributed by atoms with Gasteiger partial charge in [0.25, 0.3) is 0 Å². The number of hydrogen-bond donors (Lipinski definition) is 0. The van der Waals surface area contributed by atoms with E-state index in [1.807, 2.05) is 11.1 Å². The lowest BCUT2D eigenvalue weighted by molar-refractivity contribution is -0.166. The molecule has 4 aliphatic rings. The van der Waals surface area contributed by atoms with Crippen LogP contribution < -0.4 is 0 Å². The number of carbonyl (C=O) groups is 1. The maximum absolute atomic E-state index is 11.0. The Kier molecular flexibility index (Phi) is 6.51. The molecule has 0 radical (unpaired) electrons. The lowest BCUT2D eigenvalue weighted by Crippen LogP contribution is -2.55. The Morgan fingerprint density at radius 2 is 1.75 bits per heavy atom. The number of allylic oxidation sites excluding steroid dienone is 2. The summed E-state index contributed by atoms with van der Waals surface area (Å²) in [5.41, 5.74) is 4.90. The molecule has 0 aromatic rings. The highest BCUT2D eigenvalue weighted by atomic mass is 16.7. The van der Waals surface area contributed by atoms with E-state index in [0.29, 0.717) is 41.0 Å². The van der Waals surface area contributed by atoms with Crippen molar-refractivity contribution in [3.05, 3.63) is 11.1 Å². The first-order valence-corrected chi connectivity index (χ1v) is 13.3. The summed E-state index contributed by atoms with van der Waals surface area (Å²) in [5, 5.41) is 0. The van der Waals surface area contributed by atoms with Gasteiger partial charge in [0.15, 0.2) is 0 Å². The lowest BCUT2D eigenvalue weighted by Gasteiger charge is -2.62. The minimum absolute atomic E-state index is 0.174. The van der Waals surface area contributed by atoms with Crippen molar-refractivity contribution in [2.45, 2.75) is 112 Å². The predicted molar refractivity (Wildman–Crippen MR) is 130 cm³/mol. The summed E-state index contributed by atoms with van der Waals surface area (Å²) in [6.45, 7) is 15.6. The second kappa shape index (κ2) is 8.52. The fraction of sp³-hybridized carbons (Fsp3) is 0.897. The van der Waals surface area contributed by atoms with Crippen LogP contribution in [0.5, 0.6) is 0 Å². The molecule has 0 aromatic carbocycles. The maximum atomic E-state index is 11.0.